The number of imidazole rings is 1. The van der Waals surface area contributed by atoms with Gasteiger partial charge in [0.25, 0.3) is 10.1 Å². The topological polar surface area (TPSA) is 95.1 Å². The average Bonchev–Trinajstić information content (AvgIpc) is 3.14. The zero-order valence-electron chi connectivity index (χ0n) is 15.7. The summed E-state index contributed by atoms with van der Waals surface area (Å²) in [4.78, 5) is 7.38. The van der Waals surface area contributed by atoms with E-state index < -0.39 is 10.1 Å². The number of hydrogen-bond acceptors (Lipinski definition) is 5. The molecule has 0 aliphatic rings. The third-order valence-corrected chi connectivity index (χ3v) is 6.51. The van der Waals surface area contributed by atoms with Crippen molar-refractivity contribution in [2.75, 3.05) is 5.32 Å². The van der Waals surface area contributed by atoms with Crippen LogP contribution in [0.1, 0.15) is 11.1 Å². The van der Waals surface area contributed by atoms with Gasteiger partial charge in [0.1, 0.15) is 0 Å². The Balaban J connectivity index is 1.36. The maximum atomic E-state index is 11.3. The summed E-state index contributed by atoms with van der Waals surface area (Å²) in [6.45, 7) is 0.718. The van der Waals surface area contributed by atoms with E-state index in [1.165, 1.54) is 23.9 Å². The van der Waals surface area contributed by atoms with Gasteiger partial charge in [-0.05, 0) is 53.6 Å². The van der Waals surface area contributed by atoms with Crippen molar-refractivity contribution in [1.29, 1.82) is 0 Å². The summed E-state index contributed by atoms with van der Waals surface area (Å²) in [7, 11) is -4.24. The van der Waals surface area contributed by atoms with Crippen LogP contribution in [-0.4, -0.2) is 22.9 Å². The normalized spacial score (nSPS) is 11.7. The predicted octanol–water partition coefficient (Wildman–Crippen LogP) is 5.37. The number of H-pyrrole nitrogens is 1. The van der Waals surface area contributed by atoms with Gasteiger partial charge >= 0.3 is 0 Å². The van der Waals surface area contributed by atoms with Gasteiger partial charge in [0.2, 0.25) is 0 Å². The zero-order chi connectivity index (χ0) is 21.1. The highest BCUT2D eigenvalue weighted by Crippen LogP contribution is 2.25. The Morgan fingerprint density at radius 1 is 1.00 bits per heavy atom. The standard InChI is InChI=1S/C21H18ClN3O3S2/c22-16-5-1-14(2-6-16)12-23-17-7-3-15(4-8-17)13-29-21-24-19-10-9-18(30(26,27)28)11-20(19)25-21/h1-11,23H,12-13H2,(H,24,25)(H,26,27,28). The van der Waals surface area contributed by atoms with Crippen LogP contribution in [0.15, 0.2) is 76.8 Å². The average molecular weight is 460 g/mol. The molecule has 4 aromatic rings. The van der Waals surface area contributed by atoms with Gasteiger partial charge in [-0.25, -0.2) is 4.98 Å². The minimum atomic E-state index is -4.24. The zero-order valence-corrected chi connectivity index (χ0v) is 18.1. The van der Waals surface area contributed by atoms with Crippen molar-refractivity contribution in [3.63, 3.8) is 0 Å². The maximum Gasteiger partial charge on any atom is 0.294 e. The fourth-order valence-electron chi connectivity index (χ4n) is 2.87. The van der Waals surface area contributed by atoms with Gasteiger partial charge in [-0.1, -0.05) is 47.6 Å². The summed E-state index contributed by atoms with van der Waals surface area (Å²) in [6, 6.07) is 20.2. The molecule has 4 rings (SSSR count). The van der Waals surface area contributed by atoms with Gasteiger partial charge in [-0.15, -0.1) is 0 Å². The summed E-state index contributed by atoms with van der Waals surface area (Å²) < 4.78 is 31.7. The smallest absolute Gasteiger partial charge is 0.294 e. The Hall–Kier alpha value is -2.52. The molecule has 0 aliphatic heterocycles. The minimum Gasteiger partial charge on any atom is -0.381 e. The van der Waals surface area contributed by atoms with Gasteiger partial charge in [0.15, 0.2) is 5.16 Å². The predicted molar refractivity (Wildman–Crippen MR) is 121 cm³/mol. The molecule has 0 radical (unpaired) electrons. The number of anilines is 1. The number of fused-ring (bicyclic) bond motifs is 1. The molecule has 0 unspecified atom stereocenters. The summed E-state index contributed by atoms with van der Waals surface area (Å²) in [5, 5.41) is 4.79. The first-order valence-electron chi connectivity index (χ1n) is 9.04. The molecule has 0 saturated heterocycles. The molecule has 3 aromatic carbocycles. The number of nitrogens with zero attached hydrogens (tertiary/aromatic N) is 1. The molecule has 0 bridgehead atoms. The third kappa shape index (κ3) is 5.14. The molecular weight excluding hydrogens is 442 g/mol. The molecule has 0 amide bonds. The summed E-state index contributed by atoms with van der Waals surface area (Å²) in [5.74, 6) is 0.711. The largest absolute Gasteiger partial charge is 0.381 e. The lowest BCUT2D eigenvalue weighted by Gasteiger charge is -2.08. The fraction of sp³-hybridized carbons (Fsp3) is 0.0952. The Bertz CT molecular complexity index is 1270. The van der Waals surface area contributed by atoms with E-state index in [1.807, 2.05) is 36.4 Å². The van der Waals surface area contributed by atoms with Crippen LogP contribution >= 0.6 is 23.4 Å². The quantitative estimate of drug-likeness (QED) is 0.254. The van der Waals surface area contributed by atoms with Crippen molar-refractivity contribution in [3.8, 4) is 0 Å². The summed E-state index contributed by atoms with van der Waals surface area (Å²) >= 11 is 7.42. The van der Waals surface area contributed by atoms with Crippen molar-refractivity contribution in [2.45, 2.75) is 22.3 Å². The molecule has 0 aliphatic carbocycles. The van der Waals surface area contributed by atoms with E-state index in [4.69, 9.17) is 16.2 Å². The number of aromatic amines is 1. The highest BCUT2D eigenvalue weighted by Gasteiger charge is 2.12. The Labute approximate surface area is 183 Å². The molecule has 3 N–H and O–H groups in total. The molecule has 9 heteroatoms. The lowest BCUT2D eigenvalue weighted by molar-refractivity contribution is 0.483. The minimum absolute atomic E-state index is 0.156. The molecular formula is C21H18ClN3O3S2. The van der Waals surface area contributed by atoms with E-state index in [0.29, 0.717) is 21.9 Å². The second-order valence-electron chi connectivity index (χ2n) is 6.66. The van der Waals surface area contributed by atoms with Crippen LogP contribution < -0.4 is 5.32 Å². The molecule has 1 heterocycles. The SMILES string of the molecule is O=S(=O)(O)c1ccc2nc(SCc3ccc(NCc4ccc(Cl)cc4)cc3)[nH]c2c1. The van der Waals surface area contributed by atoms with E-state index in [-0.39, 0.29) is 4.90 Å². The van der Waals surface area contributed by atoms with Gasteiger partial charge in [-0.3, -0.25) is 4.55 Å². The lowest BCUT2D eigenvalue weighted by atomic mass is 10.2. The van der Waals surface area contributed by atoms with Crippen molar-refractivity contribution >= 4 is 50.2 Å². The first-order chi connectivity index (χ1) is 14.4. The number of thioether (sulfide) groups is 1. The van der Waals surface area contributed by atoms with Crippen LogP contribution in [-0.2, 0) is 22.4 Å². The second-order valence-corrected chi connectivity index (χ2v) is 9.48. The fourth-order valence-corrected chi connectivity index (χ4v) is 4.34. The van der Waals surface area contributed by atoms with Crippen molar-refractivity contribution in [2.24, 2.45) is 0 Å². The van der Waals surface area contributed by atoms with E-state index in [2.05, 4.69) is 27.4 Å². The van der Waals surface area contributed by atoms with E-state index >= 15 is 0 Å². The Morgan fingerprint density at radius 2 is 1.70 bits per heavy atom. The summed E-state index contributed by atoms with van der Waals surface area (Å²) in [6.07, 6.45) is 0. The number of hydrogen-bond donors (Lipinski definition) is 3. The number of aromatic nitrogens is 2. The molecule has 1 aromatic heterocycles. The van der Waals surface area contributed by atoms with Crippen molar-refractivity contribution in [1.82, 2.24) is 9.97 Å². The second kappa shape index (κ2) is 8.69. The molecule has 0 atom stereocenters. The van der Waals surface area contributed by atoms with Gasteiger partial charge in [0.05, 0.1) is 15.9 Å². The Morgan fingerprint density at radius 3 is 2.40 bits per heavy atom. The van der Waals surface area contributed by atoms with Gasteiger partial charge in [-0.2, -0.15) is 8.42 Å². The van der Waals surface area contributed by atoms with Gasteiger partial charge < -0.3 is 10.3 Å². The van der Waals surface area contributed by atoms with Crippen LogP contribution in [0.25, 0.3) is 11.0 Å². The maximum absolute atomic E-state index is 11.3. The molecule has 0 spiro atoms. The molecule has 0 saturated carbocycles. The van der Waals surface area contributed by atoms with E-state index in [1.54, 1.807) is 6.07 Å². The van der Waals surface area contributed by atoms with Gasteiger partial charge in [0, 0.05) is 23.0 Å². The van der Waals surface area contributed by atoms with Crippen molar-refractivity contribution < 1.29 is 13.0 Å². The highest BCUT2D eigenvalue weighted by atomic mass is 35.5. The number of nitrogens with one attached hydrogen (secondary N) is 2. The third-order valence-electron chi connectivity index (χ3n) is 4.47. The lowest BCUT2D eigenvalue weighted by Crippen LogP contribution is -1.99. The Kier molecular flexibility index (Phi) is 6.01. The number of rotatable bonds is 7. The number of benzene rings is 3. The molecule has 0 fully saturated rings. The molecule has 154 valence electrons. The van der Waals surface area contributed by atoms with Crippen LogP contribution in [0.2, 0.25) is 5.02 Å². The van der Waals surface area contributed by atoms with E-state index in [9.17, 15) is 8.42 Å². The van der Waals surface area contributed by atoms with E-state index in [0.717, 1.165) is 28.4 Å². The monoisotopic (exact) mass is 459 g/mol. The van der Waals surface area contributed by atoms with Crippen LogP contribution in [0, 0.1) is 0 Å². The number of halogens is 1. The highest BCUT2D eigenvalue weighted by molar-refractivity contribution is 7.98. The molecule has 6 nitrogen and oxygen atoms in total. The van der Waals surface area contributed by atoms with Crippen LogP contribution in [0.3, 0.4) is 0 Å². The first kappa shape index (κ1) is 20.7. The van der Waals surface area contributed by atoms with Crippen LogP contribution in [0.5, 0.6) is 0 Å². The van der Waals surface area contributed by atoms with Crippen molar-refractivity contribution in [3.05, 3.63) is 82.9 Å². The molecule has 30 heavy (non-hydrogen) atoms. The first-order valence-corrected chi connectivity index (χ1v) is 11.8. The van der Waals surface area contributed by atoms with Crippen LogP contribution in [0.4, 0.5) is 5.69 Å². The summed E-state index contributed by atoms with van der Waals surface area (Å²) in [5.41, 5.74) is 4.53.